The monoisotopic (exact) mass is 608 g/mol. The van der Waals surface area contributed by atoms with Crippen LogP contribution < -0.4 is 0 Å². The molecule has 1 heterocycles. The molecule has 2 aliphatic carbocycles. The first-order chi connectivity index (χ1) is 18.5. The number of hydrogen-bond acceptors (Lipinski definition) is 5. The molecule has 1 aliphatic heterocycles. The maximum atomic E-state index is 12.8. The van der Waals surface area contributed by atoms with Gasteiger partial charge >= 0.3 is 0 Å². The Morgan fingerprint density at radius 2 is 1.29 bits per heavy atom. The molecule has 1 saturated heterocycles. The fourth-order valence-electron chi connectivity index (χ4n) is 6.78. The van der Waals surface area contributed by atoms with Gasteiger partial charge in [0, 0.05) is 25.0 Å². The summed E-state index contributed by atoms with van der Waals surface area (Å²) in [7, 11) is -4.40. The number of hydrogen-bond donors (Lipinski definition) is 2. The first-order valence-corrected chi connectivity index (χ1v) is 22.0. The van der Waals surface area contributed by atoms with E-state index in [0.717, 1.165) is 24.8 Å². The summed E-state index contributed by atoms with van der Waals surface area (Å²) >= 11 is 0. The summed E-state index contributed by atoms with van der Waals surface area (Å²) in [6.45, 7) is 33.3. The summed E-state index contributed by atoms with van der Waals surface area (Å²) in [4.78, 5) is 0. The normalized spacial score (nSPS) is 33.3. The zero-order chi connectivity index (χ0) is 31.4. The average Bonchev–Trinajstić information content (AvgIpc) is 2.82. The summed E-state index contributed by atoms with van der Waals surface area (Å²) in [6, 6.07) is 0. The number of rotatable bonds is 9. The van der Waals surface area contributed by atoms with Crippen LogP contribution in [-0.4, -0.2) is 65.5 Å². The second-order valence-corrected chi connectivity index (χ2v) is 27.1. The van der Waals surface area contributed by atoms with Gasteiger partial charge in [-0.25, -0.2) is 0 Å². The van der Waals surface area contributed by atoms with E-state index in [1.165, 1.54) is 5.57 Å². The van der Waals surface area contributed by atoms with Crippen molar-refractivity contribution in [1.82, 2.24) is 0 Å². The van der Waals surface area contributed by atoms with Crippen molar-refractivity contribution in [1.29, 1.82) is 0 Å². The summed E-state index contributed by atoms with van der Waals surface area (Å²) in [6.07, 6.45) is 6.02. The van der Waals surface area contributed by atoms with Crippen molar-refractivity contribution in [3.63, 3.8) is 0 Å². The molecule has 238 valence electrons. The van der Waals surface area contributed by atoms with E-state index >= 15 is 0 Å². The van der Waals surface area contributed by atoms with Crippen LogP contribution in [0.5, 0.6) is 0 Å². The Hall–Kier alpha value is -0.286. The molecule has 7 heteroatoms. The summed E-state index contributed by atoms with van der Waals surface area (Å²) < 4.78 is 20.5. The predicted molar refractivity (Wildman–Crippen MR) is 176 cm³/mol. The maximum Gasteiger partial charge on any atom is 0.192 e. The average molecular weight is 609 g/mol. The van der Waals surface area contributed by atoms with Crippen LogP contribution in [-0.2, 0) is 13.6 Å². The van der Waals surface area contributed by atoms with Gasteiger partial charge in [-0.05, 0) is 59.2 Å². The molecule has 0 unspecified atom stereocenters. The molecule has 0 saturated carbocycles. The summed E-state index contributed by atoms with van der Waals surface area (Å²) in [5.41, 5.74) is 0.502. The molecular formula is C34H64O5Si2. The van der Waals surface area contributed by atoms with Crippen LogP contribution in [0.25, 0.3) is 0 Å². The van der Waals surface area contributed by atoms with Crippen molar-refractivity contribution in [2.45, 2.75) is 137 Å². The lowest BCUT2D eigenvalue weighted by Gasteiger charge is -2.66. The van der Waals surface area contributed by atoms with Crippen LogP contribution in [0.2, 0.25) is 36.3 Å². The number of ether oxygens (including phenoxy) is 1. The van der Waals surface area contributed by atoms with E-state index in [9.17, 15) is 10.2 Å². The zero-order valence-electron chi connectivity index (χ0n) is 29.0. The quantitative estimate of drug-likeness (QED) is 0.204. The molecule has 2 N–H and O–H groups in total. The molecule has 3 aliphatic rings. The van der Waals surface area contributed by atoms with E-state index in [1.54, 1.807) is 0 Å². The standard InChI is InChI=1S/C34H64O5Si2/c1-15-16-17-24-18-25-20-37-21-26-19-27(30(2,3)4)29(36)34(28(24)35,23-39-41(13,14)32(8,9)10)33(25,26)22-38-40(11,12)31(5,6)7/h18-19,24,27-29,35-36H,15-17,20-23H2,1-14H3/t24-,27+,28-,29+,33-,34+/m0/s1. The van der Waals surface area contributed by atoms with Gasteiger partial charge in [0.05, 0.1) is 36.3 Å². The van der Waals surface area contributed by atoms with Crippen molar-refractivity contribution >= 4 is 16.6 Å². The van der Waals surface area contributed by atoms with Crippen LogP contribution in [0.3, 0.4) is 0 Å². The molecule has 1 fully saturated rings. The minimum atomic E-state index is -2.23. The van der Waals surface area contributed by atoms with E-state index in [1.807, 2.05) is 0 Å². The Kier molecular flexibility index (Phi) is 9.94. The van der Waals surface area contributed by atoms with E-state index < -0.39 is 39.7 Å². The molecule has 0 aromatic carbocycles. The third-order valence-corrected chi connectivity index (χ3v) is 20.8. The van der Waals surface area contributed by atoms with Crippen LogP contribution in [0.1, 0.15) is 88.5 Å². The highest BCUT2D eigenvalue weighted by molar-refractivity contribution is 6.74. The van der Waals surface area contributed by atoms with Gasteiger partial charge in [-0.2, -0.15) is 0 Å². The van der Waals surface area contributed by atoms with Gasteiger partial charge in [0.1, 0.15) is 0 Å². The van der Waals surface area contributed by atoms with Crippen molar-refractivity contribution in [3.8, 4) is 0 Å². The molecule has 0 bridgehead atoms. The van der Waals surface area contributed by atoms with E-state index in [4.69, 9.17) is 13.6 Å². The molecule has 0 spiro atoms. The largest absolute Gasteiger partial charge is 0.416 e. The van der Waals surface area contributed by atoms with Gasteiger partial charge in [0.15, 0.2) is 16.6 Å². The minimum absolute atomic E-state index is 0.00569. The molecule has 3 rings (SSSR count). The first-order valence-electron chi connectivity index (χ1n) is 16.1. The lowest BCUT2D eigenvalue weighted by atomic mass is 9.42. The topological polar surface area (TPSA) is 68.2 Å². The van der Waals surface area contributed by atoms with Gasteiger partial charge in [-0.15, -0.1) is 0 Å². The molecule has 0 aromatic heterocycles. The van der Waals surface area contributed by atoms with Crippen molar-refractivity contribution in [3.05, 3.63) is 23.3 Å². The van der Waals surface area contributed by atoms with Crippen LogP contribution in [0, 0.1) is 28.1 Å². The number of aliphatic hydroxyl groups excluding tert-OH is 2. The second kappa shape index (κ2) is 11.6. The Bertz CT molecular complexity index is 996. The van der Waals surface area contributed by atoms with Crippen LogP contribution >= 0.6 is 0 Å². The van der Waals surface area contributed by atoms with Gasteiger partial charge in [-0.1, -0.05) is 94.2 Å². The van der Waals surface area contributed by atoms with Gasteiger partial charge in [0.25, 0.3) is 0 Å². The fraction of sp³-hybridized carbons (Fsp3) is 0.882. The van der Waals surface area contributed by atoms with E-state index in [0.29, 0.717) is 26.4 Å². The highest BCUT2D eigenvalue weighted by Crippen LogP contribution is 2.66. The molecule has 0 amide bonds. The number of aliphatic hydroxyl groups is 2. The lowest BCUT2D eigenvalue weighted by molar-refractivity contribution is -0.211. The second-order valence-electron chi connectivity index (χ2n) is 17.5. The predicted octanol–water partition coefficient (Wildman–Crippen LogP) is 8.10. The van der Waals surface area contributed by atoms with Crippen molar-refractivity contribution in [2.75, 3.05) is 26.4 Å². The van der Waals surface area contributed by atoms with Crippen LogP contribution in [0.4, 0.5) is 0 Å². The summed E-state index contributed by atoms with van der Waals surface area (Å²) in [5, 5.41) is 25.6. The Morgan fingerprint density at radius 1 is 0.805 bits per heavy atom. The molecule has 0 aromatic rings. The molecule has 41 heavy (non-hydrogen) atoms. The fourth-order valence-corrected chi connectivity index (χ4v) is 8.82. The smallest absolute Gasteiger partial charge is 0.192 e. The highest BCUT2D eigenvalue weighted by Gasteiger charge is 2.70. The van der Waals surface area contributed by atoms with E-state index in [2.05, 4.69) is 108 Å². The minimum Gasteiger partial charge on any atom is -0.416 e. The molecule has 6 atom stereocenters. The van der Waals surface area contributed by atoms with Gasteiger partial charge < -0.3 is 23.8 Å². The van der Waals surface area contributed by atoms with E-state index in [-0.39, 0.29) is 27.3 Å². The third-order valence-electron chi connectivity index (χ3n) is 11.8. The Morgan fingerprint density at radius 3 is 1.76 bits per heavy atom. The molecular weight excluding hydrogens is 545 g/mol. The highest BCUT2D eigenvalue weighted by atomic mass is 28.4. The summed E-state index contributed by atoms with van der Waals surface area (Å²) in [5.74, 6) is -0.214. The van der Waals surface area contributed by atoms with Crippen molar-refractivity contribution in [2.24, 2.45) is 28.1 Å². The number of unbranched alkanes of at least 4 members (excludes halogenated alkanes) is 1. The lowest BCUT2D eigenvalue weighted by Crippen LogP contribution is -2.72. The molecule has 0 radical (unpaired) electrons. The first kappa shape index (κ1) is 35.2. The zero-order valence-corrected chi connectivity index (χ0v) is 31.0. The molecule has 5 nitrogen and oxygen atoms in total. The Labute approximate surface area is 254 Å². The van der Waals surface area contributed by atoms with Crippen molar-refractivity contribution < 1.29 is 23.8 Å². The van der Waals surface area contributed by atoms with Crippen LogP contribution in [0.15, 0.2) is 23.3 Å². The Balaban J connectivity index is 2.35. The third kappa shape index (κ3) is 6.04. The van der Waals surface area contributed by atoms with Gasteiger partial charge in [0.2, 0.25) is 0 Å². The SMILES string of the molecule is CCCC[C@H]1C=C2COCC3=C[C@@H](C(C)(C)C)[C@@H](O)[C@@](CO[Si](C)(C)C(C)(C)C)([C@H]1O)[C@@]23CO[Si](C)(C)C(C)(C)C. The maximum absolute atomic E-state index is 12.8. The van der Waals surface area contributed by atoms with Gasteiger partial charge in [-0.3, -0.25) is 0 Å².